The number of rotatable bonds is 6. The number of carbonyl (C=O) groups is 2. The molecule has 0 spiro atoms. The molecule has 1 aromatic heterocycles. The number of hydrogen-bond acceptors (Lipinski definition) is 4. The summed E-state index contributed by atoms with van der Waals surface area (Å²) in [5, 5.41) is 2.10. The Labute approximate surface area is 247 Å². The number of likely N-dealkylation sites (tertiary alicyclic amines) is 2. The third-order valence-electron chi connectivity index (χ3n) is 8.60. The molecule has 0 saturated carbocycles. The first-order valence-electron chi connectivity index (χ1n) is 14.5. The van der Waals surface area contributed by atoms with Crippen molar-refractivity contribution in [2.75, 3.05) is 39.3 Å². The summed E-state index contributed by atoms with van der Waals surface area (Å²) in [4.78, 5) is 38.3. The van der Waals surface area contributed by atoms with Crippen molar-refractivity contribution in [3.8, 4) is 11.3 Å². The highest BCUT2D eigenvalue weighted by molar-refractivity contribution is 6.32. The molecule has 2 aliphatic heterocycles. The molecule has 2 fully saturated rings. The number of piperidine rings is 2. The van der Waals surface area contributed by atoms with E-state index in [0.29, 0.717) is 46.2 Å². The first-order valence-corrected chi connectivity index (χ1v) is 15.2. The summed E-state index contributed by atoms with van der Waals surface area (Å²) in [5.41, 5.74) is 3.89. The van der Waals surface area contributed by atoms with Gasteiger partial charge in [-0.15, -0.1) is 0 Å². The molecule has 2 aromatic carbocycles. The standard InChI is InChI=1S/C32H38Cl2N4O2/c1-4-36(5-2)31(39)23-7-6-14-38(20-23)25-12-15-37(16-13-25)32(40)27-18-29(22-8-10-24(33)11-9-22)35-30-19-28(34)21(3)17-26(27)30/h8-11,17-19,23,25H,4-7,12-16,20H2,1-3H3/t23-/m1/s1. The number of aromatic nitrogens is 1. The van der Waals surface area contributed by atoms with Crippen molar-refractivity contribution in [3.05, 3.63) is 63.6 Å². The molecule has 2 amide bonds. The third-order valence-corrected chi connectivity index (χ3v) is 9.26. The van der Waals surface area contributed by atoms with E-state index in [1.807, 2.05) is 59.2 Å². The quantitative estimate of drug-likeness (QED) is 0.325. The Morgan fingerprint density at radius 3 is 2.35 bits per heavy atom. The van der Waals surface area contributed by atoms with Gasteiger partial charge in [-0.3, -0.25) is 14.5 Å². The number of nitrogens with zero attached hydrogens (tertiary/aromatic N) is 4. The largest absolute Gasteiger partial charge is 0.343 e. The van der Waals surface area contributed by atoms with Gasteiger partial charge in [0, 0.05) is 59.8 Å². The van der Waals surface area contributed by atoms with E-state index in [4.69, 9.17) is 28.2 Å². The minimum Gasteiger partial charge on any atom is -0.343 e. The fourth-order valence-corrected chi connectivity index (χ4v) is 6.52. The molecule has 0 radical (unpaired) electrons. The smallest absolute Gasteiger partial charge is 0.254 e. The SMILES string of the molecule is CCN(CC)C(=O)[C@@H]1CCCN(C2CCN(C(=O)c3cc(-c4ccc(Cl)cc4)nc4cc(Cl)c(C)cc34)CC2)C1. The van der Waals surface area contributed by atoms with E-state index >= 15 is 0 Å². The van der Waals surface area contributed by atoms with E-state index in [1.54, 1.807) is 0 Å². The van der Waals surface area contributed by atoms with Gasteiger partial charge < -0.3 is 9.80 Å². The van der Waals surface area contributed by atoms with Gasteiger partial charge in [0.25, 0.3) is 5.91 Å². The second-order valence-electron chi connectivity index (χ2n) is 11.0. The molecule has 0 unspecified atom stereocenters. The lowest BCUT2D eigenvalue weighted by molar-refractivity contribution is -0.137. The first-order chi connectivity index (χ1) is 19.3. The maximum absolute atomic E-state index is 14.0. The average molecular weight is 582 g/mol. The second-order valence-corrected chi connectivity index (χ2v) is 11.9. The van der Waals surface area contributed by atoms with Crippen LogP contribution >= 0.6 is 23.2 Å². The molecule has 6 nitrogen and oxygen atoms in total. The Morgan fingerprint density at radius 1 is 0.975 bits per heavy atom. The molecule has 0 bridgehead atoms. The maximum Gasteiger partial charge on any atom is 0.254 e. The Morgan fingerprint density at radius 2 is 1.68 bits per heavy atom. The molecule has 40 heavy (non-hydrogen) atoms. The maximum atomic E-state index is 14.0. The highest BCUT2D eigenvalue weighted by Gasteiger charge is 2.34. The molecule has 2 saturated heterocycles. The molecule has 8 heteroatoms. The van der Waals surface area contributed by atoms with Crippen LogP contribution in [0.25, 0.3) is 22.2 Å². The van der Waals surface area contributed by atoms with Crippen LogP contribution in [-0.2, 0) is 4.79 Å². The zero-order valence-corrected chi connectivity index (χ0v) is 25.1. The number of pyridine rings is 1. The molecule has 5 rings (SSSR count). The lowest BCUT2D eigenvalue weighted by Crippen LogP contribution is -2.52. The number of halogens is 2. The summed E-state index contributed by atoms with van der Waals surface area (Å²) in [6, 6.07) is 13.6. The first kappa shape index (κ1) is 28.8. The minimum absolute atomic E-state index is 0.0241. The van der Waals surface area contributed by atoms with Gasteiger partial charge in [-0.25, -0.2) is 4.98 Å². The molecule has 1 atom stereocenters. The summed E-state index contributed by atoms with van der Waals surface area (Å²) in [6.07, 6.45) is 3.85. The van der Waals surface area contributed by atoms with Crippen LogP contribution in [0.5, 0.6) is 0 Å². The average Bonchev–Trinajstić information content (AvgIpc) is 2.98. The van der Waals surface area contributed by atoms with E-state index in [-0.39, 0.29) is 11.8 Å². The van der Waals surface area contributed by atoms with Crippen molar-refractivity contribution in [2.45, 2.75) is 52.5 Å². The van der Waals surface area contributed by atoms with E-state index in [9.17, 15) is 9.59 Å². The number of carbonyl (C=O) groups excluding carboxylic acids is 2. The number of benzene rings is 2. The molecule has 212 valence electrons. The number of fused-ring (bicyclic) bond motifs is 1. The summed E-state index contributed by atoms with van der Waals surface area (Å²) < 4.78 is 0. The predicted octanol–water partition coefficient (Wildman–Crippen LogP) is 6.70. The minimum atomic E-state index is 0.0241. The molecule has 0 aliphatic carbocycles. The topological polar surface area (TPSA) is 56.8 Å². The van der Waals surface area contributed by atoms with Gasteiger partial charge in [0.1, 0.15) is 0 Å². The van der Waals surface area contributed by atoms with Crippen LogP contribution in [0.2, 0.25) is 10.0 Å². The van der Waals surface area contributed by atoms with Crippen molar-refractivity contribution in [1.29, 1.82) is 0 Å². The molecule has 0 N–H and O–H groups in total. The van der Waals surface area contributed by atoms with Gasteiger partial charge in [0.05, 0.1) is 22.7 Å². The van der Waals surface area contributed by atoms with Crippen LogP contribution in [0, 0.1) is 12.8 Å². The summed E-state index contributed by atoms with van der Waals surface area (Å²) >= 11 is 12.6. The number of hydrogen-bond donors (Lipinski definition) is 0. The van der Waals surface area contributed by atoms with Crippen LogP contribution < -0.4 is 0 Å². The Kier molecular flexibility index (Phi) is 8.98. The van der Waals surface area contributed by atoms with Crippen LogP contribution in [0.1, 0.15) is 55.5 Å². The second kappa shape index (κ2) is 12.5. The highest BCUT2D eigenvalue weighted by atomic mass is 35.5. The molecular formula is C32H38Cl2N4O2. The molecule has 3 aromatic rings. The lowest BCUT2D eigenvalue weighted by Gasteiger charge is -2.42. The van der Waals surface area contributed by atoms with Gasteiger partial charge in [-0.05, 0) is 88.9 Å². The van der Waals surface area contributed by atoms with E-state index in [2.05, 4.69) is 18.7 Å². The van der Waals surface area contributed by atoms with Gasteiger partial charge in [-0.2, -0.15) is 0 Å². The molecule has 3 heterocycles. The van der Waals surface area contributed by atoms with Crippen LogP contribution in [-0.4, -0.2) is 76.8 Å². The fraction of sp³-hybridized carbons (Fsp3) is 0.469. The van der Waals surface area contributed by atoms with Crippen LogP contribution in [0.3, 0.4) is 0 Å². The van der Waals surface area contributed by atoms with E-state index < -0.39 is 0 Å². The Bertz CT molecular complexity index is 1380. The van der Waals surface area contributed by atoms with Crippen molar-refractivity contribution >= 4 is 45.9 Å². The third kappa shape index (κ3) is 6.00. The summed E-state index contributed by atoms with van der Waals surface area (Å²) in [7, 11) is 0. The van der Waals surface area contributed by atoms with Crippen molar-refractivity contribution < 1.29 is 9.59 Å². The zero-order valence-electron chi connectivity index (χ0n) is 23.6. The van der Waals surface area contributed by atoms with Crippen molar-refractivity contribution in [3.63, 3.8) is 0 Å². The predicted molar refractivity (Wildman–Crippen MR) is 163 cm³/mol. The molecule has 2 aliphatic rings. The fourth-order valence-electron chi connectivity index (χ4n) is 6.24. The Balaban J connectivity index is 1.34. The van der Waals surface area contributed by atoms with Gasteiger partial charge in [-0.1, -0.05) is 35.3 Å². The lowest BCUT2D eigenvalue weighted by atomic mass is 9.92. The van der Waals surface area contributed by atoms with E-state index in [1.165, 1.54) is 0 Å². The van der Waals surface area contributed by atoms with Gasteiger partial charge in [0.15, 0.2) is 0 Å². The number of aryl methyl sites for hydroxylation is 1. The summed E-state index contributed by atoms with van der Waals surface area (Å²) in [6.45, 7) is 10.8. The highest BCUT2D eigenvalue weighted by Crippen LogP contribution is 2.32. The molecular weight excluding hydrogens is 543 g/mol. The van der Waals surface area contributed by atoms with Crippen molar-refractivity contribution in [1.82, 2.24) is 19.7 Å². The van der Waals surface area contributed by atoms with Crippen LogP contribution in [0.4, 0.5) is 0 Å². The van der Waals surface area contributed by atoms with Gasteiger partial charge in [0.2, 0.25) is 5.91 Å². The Hall–Kier alpha value is -2.67. The van der Waals surface area contributed by atoms with Crippen LogP contribution in [0.15, 0.2) is 42.5 Å². The van der Waals surface area contributed by atoms with E-state index in [0.717, 1.165) is 74.1 Å². The monoisotopic (exact) mass is 580 g/mol. The van der Waals surface area contributed by atoms with Gasteiger partial charge >= 0.3 is 0 Å². The summed E-state index contributed by atoms with van der Waals surface area (Å²) in [5.74, 6) is 0.396. The van der Waals surface area contributed by atoms with Crippen molar-refractivity contribution in [2.24, 2.45) is 5.92 Å². The zero-order chi connectivity index (χ0) is 28.4. The normalized spacial score (nSPS) is 18.7. The number of amides is 2.